The number of imide groups is 1. The summed E-state index contributed by atoms with van der Waals surface area (Å²) < 4.78 is 12.0. The summed E-state index contributed by atoms with van der Waals surface area (Å²) >= 11 is 0. The maximum atomic E-state index is 14.1. The molecule has 0 bridgehead atoms. The monoisotopic (exact) mass is 703 g/mol. The van der Waals surface area contributed by atoms with Gasteiger partial charge in [0.25, 0.3) is 0 Å². The number of amides is 4. The standard InChI is InChI=1S/C38H65N5O7/c1-13-24(4)32(42(10)31(23(2)3)36(47)41-37(48)38(7,8)39-9)29(49-11)22-30(44)43-21-17-20-28(43)34(50-12)25(5)35(46)40-26(6)33(45)27-18-15-14-16-19-27/h14-16,18-19,23-26,28-29,31-34,39,45H,13,17,20-22H2,1-12H3,(H,40,46)(H,41,47,48)/t24-,25+,26+,28-,29+,31-,32-,33+,34+/m0/s1. The predicted molar refractivity (Wildman–Crippen MR) is 195 cm³/mol. The lowest BCUT2D eigenvalue weighted by Gasteiger charge is -2.43. The van der Waals surface area contributed by atoms with Crippen molar-refractivity contribution in [3.8, 4) is 0 Å². The molecule has 12 heteroatoms. The van der Waals surface area contributed by atoms with Crippen molar-refractivity contribution in [2.45, 2.75) is 129 Å². The van der Waals surface area contributed by atoms with Gasteiger partial charge >= 0.3 is 0 Å². The lowest BCUT2D eigenvalue weighted by atomic mass is 9.87. The summed E-state index contributed by atoms with van der Waals surface area (Å²) in [5.74, 6) is -1.87. The molecule has 0 saturated carbocycles. The summed E-state index contributed by atoms with van der Waals surface area (Å²) in [7, 11) is 6.68. The Bertz CT molecular complexity index is 1250. The second kappa shape index (κ2) is 19.6. The molecule has 0 aliphatic carbocycles. The molecule has 284 valence electrons. The first-order valence-corrected chi connectivity index (χ1v) is 18.1. The van der Waals surface area contributed by atoms with Crippen molar-refractivity contribution in [3.05, 3.63) is 35.9 Å². The molecule has 1 aromatic rings. The molecule has 4 amide bonds. The van der Waals surface area contributed by atoms with Gasteiger partial charge in [0.15, 0.2) is 0 Å². The van der Waals surface area contributed by atoms with E-state index in [4.69, 9.17) is 9.47 Å². The molecule has 2 rings (SSSR count). The highest BCUT2D eigenvalue weighted by molar-refractivity contribution is 6.01. The Kier molecular flexibility index (Phi) is 17.0. The summed E-state index contributed by atoms with van der Waals surface area (Å²) in [6, 6.07) is 7.36. The summed E-state index contributed by atoms with van der Waals surface area (Å²) in [6.45, 7) is 15.5. The van der Waals surface area contributed by atoms with E-state index in [1.807, 2.05) is 61.0 Å². The number of ether oxygens (including phenoxy) is 2. The van der Waals surface area contributed by atoms with Gasteiger partial charge in [-0.3, -0.25) is 29.4 Å². The van der Waals surface area contributed by atoms with Gasteiger partial charge in [0.2, 0.25) is 23.6 Å². The summed E-state index contributed by atoms with van der Waals surface area (Å²) in [5, 5.41) is 19.3. The number of aliphatic hydroxyl groups is 1. The molecule has 50 heavy (non-hydrogen) atoms. The molecule has 0 aromatic heterocycles. The zero-order valence-electron chi connectivity index (χ0n) is 32.5. The van der Waals surface area contributed by atoms with Crippen LogP contribution in [0, 0.1) is 17.8 Å². The number of methoxy groups -OCH3 is 2. The predicted octanol–water partition coefficient (Wildman–Crippen LogP) is 3.28. The van der Waals surface area contributed by atoms with E-state index in [0.717, 1.165) is 12.8 Å². The van der Waals surface area contributed by atoms with Crippen LogP contribution in [0.2, 0.25) is 0 Å². The number of hydrogen-bond acceptors (Lipinski definition) is 9. The van der Waals surface area contributed by atoms with Gasteiger partial charge in [-0.25, -0.2) is 0 Å². The molecule has 1 aromatic carbocycles. The Balaban J connectivity index is 2.25. The second-order valence-corrected chi connectivity index (χ2v) is 14.8. The van der Waals surface area contributed by atoms with Crippen LogP contribution < -0.4 is 16.0 Å². The maximum Gasteiger partial charge on any atom is 0.246 e. The lowest BCUT2D eigenvalue weighted by Crippen LogP contribution is -2.61. The largest absolute Gasteiger partial charge is 0.386 e. The summed E-state index contributed by atoms with van der Waals surface area (Å²) in [4.78, 5) is 57.9. The lowest BCUT2D eigenvalue weighted by molar-refractivity contribution is -0.144. The third-order valence-electron chi connectivity index (χ3n) is 10.7. The van der Waals surface area contributed by atoms with E-state index in [9.17, 15) is 24.3 Å². The van der Waals surface area contributed by atoms with Gasteiger partial charge < -0.3 is 30.1 Å². The number of likely N-dealkylation sites (tertiary alicyclic amines) is 1. The SMILES string of the molecule is CC[C@H](C)[C@@H]([C@@H](CC(=O)N1CCC[C@H]1[C@H](OC)[C@@H](C)C(=O)N[C@H](C)[C@@H](O)c1ccccc1)OC)N(C)[C@H](C(=O)NC(=O)C(C)(C)NC)C(C)C. The van der Waals surface area contributed by atoms with Gasteiger partial charge in [-0.1, -0.05) is 71.4 Å². The number of nitrogens with zero attached hydrogens (tertiary/aromatic N) is 2. The molecular weight excluding hydrogens is 638 g/mol. The molecule has 1 aliphatic rings. The topological polar surface area (TPSA) is 150 Å². The zero-order valence-corrected chi connectivity index (χ0v) is 32.5. The van der Waals surface area contributed by atoms with Crippen LogP contribution in [-0.2, 0) is 28.7 Å². The molecule has 1 heterocycles. The van der Waals surface area contributed by atoms with E-state index in [1.54, 1.807) is 49.0 Å². The Morgan fingerprint density at radius 2 is 1.64 bits per heavy atom. The fourth-order valence-corrected chi connectivity index (χ4v) is 7.16. The van der Waals surface area contributed by atoms with Gasteiger partial charge in [-0.2, -0.15) is 0 Å². The van der Waals surface area contributed by atoms with E-state index in [2.05, 4.69) is 29.8 Å². The van der Waals surface area contributed by atoms with Crippen LogP contribution in [0.15, 0.2) is 30.3 Å². The molecule has 1 fully saturated rings. The van der Waals surface area contributed by atoms with Gasteiger partial charge in [-0.15, -0.1) is 0 Å². The summed E-state index contributed by atoms with van der Waals surface area (Å²) in [6.07, 6.45) is 0.317. The minimum atomic E-state index is -0.931. The first kappa shape index (κ1) is 43.3. The Morgan fingerprint density at radius 1 is 1.02 bits per heavy atom. The summed E-state index contributed by atoms with van der Waals surface area (Å²) in [5.41, 5.74) is -0.219. The molecular formula is C38H65N5O7. The minimum absolute atomic E-state index is 0.0503. The smallest absolute Gasteiger partial charge is 0.246 e. The zero-order chi connectivity index (χ0) is 37.9. The van der Waals surface area contributed by atoms with Gasteiger partial charge in [0.05, 0.1) is 54.3 Å². The van der Waals surface area contributed by atoms with Crippen molar-refractivity contribution in [3.63, 3.8) is 0 Å². The van der Waals surface area contributed by atoms with Crippen molar-refractivity contribution in [1.82, 2.24) is 25.8 Å². The van der Waals surface area contributed by atoms with E-state index in [-0.39, 0.29) is 42.2 Å². The molecule has 0 radical (unpaired) electrons. The van der Waals surface area contributed by atoms with Crippen molar-refractivity contribution in [1.29, 1.82) is 0 Å². The number of nitrogens with one attached hydrogen (secondary N) is 3. The Labute approximate surface area is 300 Å². The minimum Gasteiger partial charge on any atom is -0.386 e. The van der Waals surface area contributed by atoms with Crippen LogP contribution in [0.3, 0.4) is 0 Å². The average molecular weight is 704 g/mol. The average Bonchev–Trinajstić information content (AvgIpc) is 3.57. The Hall–Kier alpha value is -2.90. The third-order valence-corrected chi connectivity index (χ3v) is 10.7. The number of carbonyl (C=O) groups excluding carboxylic acids is 4. The van der Waals surface area contributed by atoms with E-state index in [1.165, 1.54) is 0 Å². The van der Waals surface area contributed by atoms with Crippen LogP contribution in [0.1, 0.15) is 92.7 Å². The van der Waals surface area contributed by atoms with Gasteiger partial charge in [0.1, 0.15) is 0 Å². The van der Waals surface area contributed by atoms with E-state index < -0.39 is 53.7 Å². The quantitative estimate of drug-likeness (QED) is 0.170. The van der Waals surface area contributed by atoms with Crippen molar-refractivity contribution >= 4 is 23.6 Å². The molecule has 4 N–H and O–H groups in total. The fraction of sp³-hybridized carbons (Fsp3) is 0.737. The number of carbonyl (C=O) groups is 4. The second-order valence-electron chi connectivity index (χ2n) is 14.8. The number of aliphatic hydroxyl groups excluding tert-OH is 1. The number of hydrogen-bond donors (Lipinski definition) is 4. The van der Waals surface area contributed by atoms with E-state index >= 15 is 0 Å². The number of benzene rings is 1. The van der Waals surface area contributed by atoms with Crippen LogP contribution in [0.5, 0.6) is 0 Å². The molecule has 12 nitrogen and oxygen atoms in total. The first-order valence-electron chi connectivity index (χ1n) is 18.1. The molecule has 9 atom stereocenters. The Morgan fingerprint density at radius 3 is 2.16 bits per heavy atom. The van der Waals surface area contributed by atoms with Crippen LogP contribution in [0.4, 0.5) is 0 Å². The highest BCUT2D eigenvalue weighted by Gasteiger charge is 2.43. The van der Waals surface area contributed by atoms with E-state index in [0.29, 0.717) is 18.5 Å². The third kappa shape index (κ3) is 10.8. The van der Waals surface area contributed by atoms with Gasteiger partial charge in [-0.05, 0) is 65.1 Å². The van der Waals surface area contributed by atoms with Crippen molar-refractivity contribution < 1.29 is 33.8 Å². The highest BCUT2D eigenvalue weighted by Crippen LogP contribution is 2.30. The van der Waals surface area contributed by atoms with Crippen LogP contribution >= 0.6 is 0 Å². The first-order chi connectivity index (χ1) is 23.5. The molecule has 0 spiro atoms. The van der Waals surface area contributed by atoms with Crippen LogP contribution in [0.25, 0.3) is 0 Å². The van der Waals surface area contributed by atoms with Crippen LogP contribution in [-0.4, -0.2) is 115 Å². The molecule has 1 aliphatic heterocycles. The number of rotatable bonds is 19. The highest BCUT2D eigenvalue weighted by atomic mass is 16.5. The fourth-order valence-electron chi connectivity index (χ4n) is 7.16. The van der Waals surface area contributed by atoms with Gasteiger partial charge in [0, 0.05) is 26.8 Å². The number of likely N-dealkylation sites (N-methyl/N-ethyl adjacent to an activating group) is 2. The van der Waals surface area contributed by atoms with Crippen molar-refractivity contribution in [2.24, 2.45) is 17.8 Å². The molecule has 1 saturated heterocycles. The molecule has 0 unspecified atom stereocenters. The van der Waals surface area contributed by atoms with Crippen molar-refractivity contribution in [2.75, 3.05) is 34.9 Å². The maximum absolute atomic E-state index is 14.1. The normalized spacial score (nSPS) is 20.1.